The van der Waals surface area contributed by atoms with Crippen LogP contribution in [-0.2, 0) is 19.0 Å². The van der Waals surface area contributed by atoms with E-state index in [1.54, 1.807) is 0 Å². The number of carbonyl (C=O) groups excluding carboxylic acids is 1. The van der Waals surface area contributed by atoms with Crippen LogP contribution in [0.25, 0.3) is 0 Å². The SMILES string of the molecule is CCCC1OC1CCC(=O)OCC1CC(C)C2OC2C1. The fourth-order valence-corrected chi connectivity index (χ4v) is 3.58. The Bertz CT molecular complexity index is 356. The van der Waals surface area contributed by atoms with Crippen LogP contribution in [0.5, 0.6) is 0 Å². The zero-order valence-electron chi connectivity index (χ0n) is 12.5. The van der Waals surface area contributed by atoms with E-state index in [1.165, 1.54) is 0 Å². The van der Waals surface area contributed by atoms with E-state index in [9.17, 15) is 4.79 Å². The Balaban J connectivity index is 1.28. The van der Waals surface area contributed by atoms with Crippen LogP contribution in [0.15, 0.2) is 0 Å². The smallest absolute Gasteiger partial charge is 0.305 e. The van der Waals surface area contributed by atoms with Crippen LogP contribution in [0.4, 0.5) is 0 Å². The molecule has 3 aliphatic rings. The molecule has 2 heterocycles. The first-order chi connectivity index (χ1) is 9.67. The van der Waals surface area contributed by atoms with Crippen molar-refractivity contribution in [2.75, 3.05) is 6.61 Å². The van der Waals surface area contributed by atoms with E-state index < -0.39 is 0 Å². The van der Waals surface area contributed by atoms with E-state index in [-0.39, 0.29) is 5.97 Å². The molecule has 2 saturated heterocycles. The molecule has 1 aliphatic carbocycles. The van der Waals surface area contributed by atoms with Gasteiger partial charge in [-0.1, -0.05) is 20.3 Å². The minimum atomic E-state index is -0.0674. The third-order valence-electron chi connectivity index (χ3n) is 4.83. The van der Waals surface area contributed by atoms with Crippen LogP contribution in [0, 0.1) is 11.8 Å². The molecular weight excluding hydrogens is 256 g/mol. The molecule has 0 aromatic carbocycles. The summed E-state index contributed by atoms with van der Waals surface area (Å²) in [5.41, 5.74) is 0. The number of esters is 1. The maximum Gasteiger partial charge on any atom is 0.305 e. The first-order valence-electron chi connectivity index (χ1n) is 8.14. The van der Waals surface area contributed by atoms with Gasteiger partial charge in [-0.3, -0.25) is 4.79 Å². The van der Waals surface area contributed by atoms with Gasteiger partial charge in [0.25, 0.3) is 0 Å². The van der Waals surface area contributed by atoms with Gasteiger partial charge in [0.05, 0.1) is 31.0 Å². The second-order valence-electron chi connectivity index (χ2n) is 6.68. The summed E-state index contributed by atoms with van der Waals surface area (Å²) in [7, 11) is 0. The van der Waals surface area contributed by atoms with Crippen molar-refractivity contribution in [1.29, 1.82) is 0 Å². The van der Waals surface area contributed by atoms with Gasteiger partial charge in [-0.05, 0) is 37.5 Å². The van der Waals surface area contributed by atoms with Crippen LogP contribution in [0.1, 0.15) is 52.4 Å². The van der Waals surface area contributed by atoms with Gasteiger partial charge in [0.15, 0.2) is 0 Å². The van der Waals surface area contributed by atoms with Gasteiger partial charge in [0, 0.05) is 6.42 Å². The molecule has 114 valence electrons. The van der Waals surface area contributed by atoms with E-state index >= 15 is 0 Å². The van der Waals surface area contributed by atoms with E-state index in [4.69, 9.17) is 14.2 Å². The summed E-state index contributed by atoms with van der Waals surface area (Å²) >= 11 is 0. The molecule has 3 rings (SSSR count). The molecular formula is C16H26O4. The Kier molecular flexibility index (Phi) is 4.32. The standard InChI is InChI=1S/C16H26O4/c1-3-4-12-13(19-12)5-6-15(17)18-9-11-7-10(2)16-14(8-11)20-16/h10-14,16H,3-9H2,1-2H3. The molecule has 1 saturated carbocycles. The maximum atomic E-state index is 11.7. The summed E-state index contributed by atoms with van der Waals surface area (Å²) in [6.07, 6.45) is 7.40. The van der Waals surface area contributed by atoms with Crippen molar-refractivity contribution >= 4 is 5.97 Å². The molecule has 0 spiro atoms. The van der Waals surface area contributed by atoms with Crippen molar-refractivity contribution in [2.45, 2.75) is 76.8 Å². The van der Waals surface area contributed by atoms with Crippen molar-refractivity contribution in [3.05, 3.63) is 0 Å². The first kappa shape index (κ1) is 14.3. The molecule has 20 heavy (non-hydrogen) atoms. The van der Waals surface area contributed by atoms with Crippen LogP contribution in [0.3, 0.4) is 0 Å². The number of fused-ring (bicyclic) bond motifs is 1. The zero-order valence-corrected chi connectivity index (χ0v) is 12.5. The number of hydrogen-bond donors (Lipinski definition) is 0. The van der Waals surface area contributed by atoms with Crippen molar-refractivity contribution in [3.63, 3.8) is 0 Å². The molecule has 4 nitrogen and oxygen atoms in total. The van der Waals surface area contributed by atoms with Crippen LogP contribution < -0.4 is 0 Å². The minimum absolute atomic E-state index is 0.0674. The lowest BCUT2D eigenvalue weighted by Gasteiger charge is -2.23. The monoisotopic (exact) mass is 282 g/mol. The number of epoxide rings is 2. The van der Waals surface area contributed by atoms with Gasteiger partial charge in [0.2, 0.25) is 0 Å². The average Bonchev–Trinajstić information content (AvgIpc) is 3.30. The highest BCUT2D eigenvalue weighted by Gasteiger charge is 2.48. The van der Waals surface area contributed by atoms with Crippen molar-refractivity contribution in [2.24, 2.45) is 11.8 Å². The molecule has 0 amide bonds. The Morgan fingerprint density at radius 3 is 2.75 bits per heavy atom. The summed E-state index contributed by atoms with van der Waals surface area (Å²) in [6, 6.07) is 0. The third kappa shape index (κ3) is 3.53. The molecule has 4 heteroatoms. The Hall–Kier alpha value is -0.610. The molecule has 0 bridgehead atoms. The molecule has 0 radical (unpaired) electrons. The molecule has 0 aromatic rings. The molecule has 0 N–H and O–H groups in total. The summed E-state index contributed by atoms with van der Waals surface area (Å²) in [5.74, 6) is 1.04. The molecule has 2 aliphatic heterocycles. The number of rotatable bonds is 7. The fraction of sp³-hybridized carbons (Fsp3) is 0.938. The highest BCUT2D eigenvalue weighted by Crippen LogP contribution is 2.43. The van der Waals surface area contributed by atoms with Gasteiger partial charge < -0.3 is 14.2 Å². The fourth-order valence-electron chi connectivity index (χ4n) is 3.58. The highest BCUT2D eigenvalue weighted by atomic mass is 16.6. The highest BCUT2D eigenvalue weighted by molar-refractivity contribution is 5.69. The topological polar surface area (TPSA) is 51.4 Å². The van der Waals surface area contributed by atoms with Crippen LogP contribution in [-0.4, -0.2) is 37.0 Å². The average molecular weight is 282 g/mol. The predicted octanol–water partition coefficient (Wildman–Crippen LogP) is 2.69. The van der Waals surface area contributed by atoms with Crippen molar-refractivity contribution in [1.82, 2.24) is 0 Å². The number of carbonyl (C=O) groups is 1. The second-order valence-corrected chi connectivity index (χ2v) is 6.68. The molecule has 3 fully saturated rings. The summed E-state index contributed by atoms with van der Waals surface area (Å²) in [4.78, 5) is 11.7. The summed E-state index contributed by atoms with van der Waals surface area (Å²) in [5, 5.41) is 0. The first-order valence-corrected chi connectivity index (χ1v) is 8.14. The van der Waals surface area contributed by atoms with E-state index in [0.29, 0.717) is 49.3 Å². The quantitative estimate of drug-likeness (QED) is 0.532. The van der Waals surface area contributed by atoms with E-state index in [1.807, 2.05) is 0 Å². The van der Waals surface area contributed by atoms with Gasteiger partial charge in [-0.15, -0.1) is 0 Å². The molecule has 6 atom stereocenters. The summed E-state index contributed by atoms with van der Waals surface area (Å²) in [6.45, 7) is 4.96. The lowest BCUT2D eigenvalue weighted by molar-refractivity contribution is -0.145. The second kappa shape index (κ2) is 6.02. The lowest BCUT2D eigenvalue weighted by atomic mass is 9.83. The van der Waals surface area contributed by atoms with Gasteiger partial charge in [-0.2, -0.15) is 0 Å². The molecule has 6 unspecified atom stereocenters. The Labute approximate surface area is 121 Å². The van der Waals surface area contributed by atoms with E-state index in [2.05, 4.69) is 13.8 Å². The van der Waals surface area contributed by atoms with Crippen LogP contribution >= 0.6 is 0 Å². The number of hydrogen-bond acceptors (Lipinski definition) is 4. The Morgan fingerprint density at radius 1 is 1.20 bits per heavy atom. The largest absolute Gasteiger partial charge is 0.465 e. The number of ether oxygens (including phenoxy) is 3. The predicted molar refractivity (Wildman–Crippen MR) is 74.3 cm³/mol. The minimum Gasteiger partial charge on any atom is -0.465 e. The van der Waals surface area contributed by atoms with Gasteiger partial charge in [0.1, 0.15) is 0 Å². The van der Waals surface area contributed by atoms with Crippen molar-refractivity contribution < 1.29 is 19.0 Å². The lowest BCUT2D eigenvalue weighted by Crippen LogP contribution is -2.25. The third-order valence-corrected chi connectivity index (χ3v) is 4.83. The molecule has 0 aromatic heterocycles. The maximum absolute atomic E-state index is 11.7. The van der Waals surface area contributed by atoms with Crippen molar-refractivity contribution in [3.8, 4) is 0 Å². The van der Waals surface area contributed by atoms with Gasteiger partial charge in [-0.25, -0.2) is 0 Å². The van der Waals surface area contributed by atoms with E-state index in [0.717, 1.165) is 32.1 Å². The van der Waals surface area contributed by atoms with Gasteiger partial charge >= 0.3 is 5.97 Å². The van der Waals surface area contributed by atoms with Crippen LogP contribution in [0.2, 0.25) is 0 Å². The normalized spacial score (nSPS) is 41.9. The Morgan fingerprint density at radius 2 is 2.00 bits per heavy atom. The summed E-state index contributed by atoms with van der Waals surface area (Å²) < 4.78 is 16.5. The zero-order chi connectivity index (χ0) is 14.1.